The van der Waals surface area contributed by atoms with E-state index in [1.807, 2.05) is 62.4 Å². The van der Waals surface area contributed by atoms with E-state index in [0.29, 0.717) is 5.75 Å². The number of ether oxygens (including phenoxy) is 1. The number of rotatable bonds is 6. The molecule has 1 amide bonds. The Morgan fingerprint density at radius 2 is 1.74 bits per heavy atom. The summed E-state index contributed by atoms with van der Waals surface area (Å²) in [4.78, 5) is 11.8. The highest BCUT2D eigenvalue weighted by Crippen LogP contribution is 2.12. The summed E-state index contributed by atoms with van der Waals surface area (Å²) >= 11 is 0. The third-order valence-electron chi connectivity index (χ3n) is 3.52. The number of hydrogen-bond donors (Lipinski definition) is 1. The van der Waals surface area contributed by atoms with E-state index in [-0.39, 0.29) is 12.5 Å². The molecule has 4 heteroatoms. The van der Waals surface area contributed by atoms with Gasteiger partial charge in [0.1, 0.15) is 5.75 Å². The van der Waals surface area contributed by atoms with Crippen molar-refractivity contribution in [2.75, 3.05) is 6.61 Å². The molecule has 0 aliphatic carbocycles. The van der Waals surface area contributed by atoms with Gasteiger partial charge in [0.25, 0.3) is 5.91 Å². The van der Waals surface area contributed by atoms with Crippen LogP contribution in [0.5, 0.6) is 5.75 Å². The molecule has 0 aromatic heterocycles. The van der Waals surface area contributed by atoms with Crippen molar-refractivity contribution in [3.05, 3.63) is 65.2 Å². The molecule has 0 unspecified atom stereocenters. The molecule has 120 valence electrons. The molecule has 0 saturated heterocycles. The maximum absolute atomic E-state index is 11.8. The van der Waals surface area contributed by atoms with Gasteiger partial charge in [-0.3, -0.25) is 4.79 Å². The Balaban J connectivity index is 1.84. The van der Waals surface area contributed by atoms with E-state index < -0.39 is 0 Å². The molecule has 0 aliphatic rings. The van der Waals surface area contributed by atoms with Crippen LogP contribution in [0.2, 0.25) is 0 Å². The number of amides is 1. The first kappa shape index (κ1) is 16.7. The van der Waals surface area contributed by atoms with Crippen molar-refractivity contribution < 1.29 is 9.53 Å². The molecule has 0 aliphatic heterocycles. The fraction of sp³-hybridized carbons (Fsp3) is 0.263. The topological polar surface area (TPSA) is 50.7 Å². The number of carbonyl (C=O) groups is 1. The van der Waals surface area contributed by atoms with E-state index >= 15 is 0 Å². The van der Waals surface area contributed by atoms with Gasteiger partial charge in [-0.1, -0.05) is 48.9 Å². The van der Waals surface area contributed by atoms with Crippen LogP contribution in [0.15, 0.2) is 53.6 Å². The molecule has 0 spiro atoms. The molecule has 1 N–H and O–H groups in total. The highest BCUT2D eigenvalue weighted by atomic mass is 16.5. The minimum Gasteiger partial charge on any atom is -0.484 e. The van der Waals surface area contributed by atoms with E-state index in [1.165, 1.54) is 11.1 Å². The summed E-state index contributed by atoms with van der Waals surface area (Å²) in [6.45, 7) is 5.92. The van der Waals surface area contributed by atoms with E-state index in [2.05, 4.69) is 17.5 Å². The number of nitrogens with zero attached hydrogens (tertiary/aromatic N) is 1. The predicted octanol–water partition coefficient (Wildman–Crippen LogP) is 3.48. The first-order valence-corrected chi connectivity index (χ1v) is 7.70. The Kier molecular flexibility index (Phi) is 5.92. The highest BCUT2D eigenvalue weighted by Gasteiger charge is 2.03. The van der Waals surface area contributed by atoms with Gasteiger partial charge in [0.05, 0.1) is 5.71 Å². The fourth-order valence-corrected chi connectivity index (χ4v) is 2.01. The number of hydrazone groups is 1. The zero-order valence-electron chi connectivity index (χ0n) is 13.8. The summed E-state index contributed by atoms with van der Waals surface area (Å²) in [5, 5.41) is 4.10. The Hall–Kier alpha value is -2.62. The van der Waals surface area contributed by atoms with E-state index in [9.17, 15) is 4.79 Å². The van der Waals surface area contributed by atoms with Crippen molar-refractivity contribution in [2.45, 2.75) is 27.2 Å². The van der Waals surface area contributed by atoms with Gasteiger partial charge in [0, 0.05) is 0 Å². The summed E-state index contributed by atoms with van der Waals surface area (Å²) in [6, 6.07) is 15.7. The monoisotopic (exact) mass is 310 g/mol. The van der Waals surface area contributed by atoms with Crippen LogP contribution in [0.1, 0.15) is 30.5 Å². The second kappa shape index (κ2) is 8.13. The van der Waals surface area contributed by atoms with Crippen molar-refractivity contribution in [3.63, 3.8) is 0 Å². The first-order chi connectivity index (χ1) is 11.1. The Morgan fingerprint density at radius 1 is 1.09 bits per heavy atom. The molecule has 0 radical (unpaired) electrons. The summed E-state index contributed by atoms with van der Waals surface area (Å²) in [5.74, 6) is 0.396. The van der Waals surface area contributed by atoms with Gasteiger partial charge >= 0.3 is 0 Å². The van der Waals surface area contributed by atoms with Crippen molar-refractivity contribution in [1.82, 2.24) is 5.43 Å². The van der Waals surface area contributed by atoms with Crippen LogP contribution >= 0.6 is 0 Å². The molecule has 0 saturated carbocycles. The lowest BCUT2D eigenvalue weighted by molar-refractivity contribution is -0.123. The smallest absolute Gasteiger partial charge is 0.277 e. The fourth-order valence-electron chi connectivity index (χ4n) is 2.01. The second-order valence-corrected chi connectivity index (χ2v) is 5.38. The molecule has 0 atom stereocenters. The van der Waals surface area contributed by atoms with Gasteiger partial charge in [0.15, 0.2) is 6.61 Å². The first-order valence-electron chi connectivity index (χ1n) is 7.70. The molecule has 2 rings (SSSR count). The van der Waals surface area contributed by atoms with Gasteiger partial charge < -0.3 is 4.74 Å². The number of aryl methyl sites for hydroxylation is 2. The van der Waals surface area contributed by atoms with Gasteiger partial charge in [-0.15, -0.1) is 0 Å². The largest absolute Gasteiger partial charge is 0.484 e. The van der Waals surface area contributed by atoms with E-state index in [1.54, 1.807) is 0 Å². The summed E-state index contributed by atoms with van der Waals surface area (Å²) in [7, 11) is 0. The molecule has 0 bridgehead atoms. The molecule has 23 heavy (non-hydrogen) atoms. The number of carbonyl (C=O) groups excluding carboxylic acids is 1. The maximum atomic E-state index is 11.8. The summed E-state index contributed by atoms with van der Waals surface area (Å²) < 4.78 is 5.44. The highest BCUT2D eigenvalue weighted by molar-refractivity contribution is 5.99. The lowest BCUT2D eigenvalue weighted by atomic mass is 10.1. The lowest BCUT2D eigenvalue weighted by Gasteiger charge is -2.06. The van der Waals surface area contributed by atoms with Gasteiger partial charge in [-0.05, 0) is 43.5 Å². The molecule has 4 nitrogen and oxygen atoms in total. The molecule has 2 aromatic rings. The van der Waals surface area contributed by atoms with Crippen LogP contribution in [0.25, 0.3) is 0 Å². The quantitative estimate of drug-likeness (QED) is 0.656. The standard InChI is InChI=1S/C19H22N2O2/c1-4-16-7-11-18(12-8-16)23-13-19(22)21-20-15(3)17-9-5-14(2)6-10-17/h5-12H,4,13H2,1-3H3,(H,21,22). The Labute approximate surface area is 137 Å². The second-order valence-electron chi connectivity index (χ2n) is 5.38. The molecular weight excluding hydrogens is 288 g/mol. The van der Waals surface area contributed by atoms with Crippen LogP contribution in [0.4, 0.5) is 0 Å². The Bertz CT molecular complexity index is 674. The summed E-state index contributed by atoms with van der Waals surface area (Å²) in [6.07, 6.45) is 0.980. The zero-order chi connectivity index (χ0) is 16.7. The number of nitrogens with one attached hydrogen (secondary N) is 1. The average Bonchev–Trinajstić information content (AvgIpc) is 2.59. The van der Waals surface area contributed by atoms with Crippen LogP contribution in [0, 0.1) is 6.92 Å². The number of benzene rings is 2. The van der Waals surface area contributed by atoms with Crippen molar-refractivity contribution in [3.8, 4) is 5.75 Å². The SMILES string of the molecule is CCc1ccc(OCC(=O)NN=C(C)c2ccc(C)cc2)cc1. The van der Waals surface area contributed by atoms with Crippen molar-refractivity contribution in [2.24, 2.45) is 5.10 Å². The van der Waals surface area contributed by atoms with Gasteiger partial charge in [-0.2, -0.15) is 5.10 Å². The molecule has 0 heterocycles. The lowest BCUT2D eigenvalue weighted by Crippen LogP contribution is -2.25. The minimum absolute atomic E-state index is 0.0594. The van der Waals surface area contributed by atoms with Gasteiger partial charge in [0.2, 0.25) is 0 Å². The minimum atomic E-state index is -0.281. The van der Waals surface area contributed by atoms with E-state index in [0.717, 1.165) is 17.7 Å². The van der Waals surface area contributed by atoms with Crippen LogP contribution < -0.4 is 10.2 Å². The van der Waals surface area contributed by atoms with Gasteiger partial charge in [-0.25, -0.2) is 5.43 Å². The van der Waals surface area contributed by atoms with Crippen molar-refractivity contribution >= 4 is 11.6 Å². The normalized spacial score (nSPS) is 11.2. The van der Waals surface area contributed by atoms with E-state index in [4.69, 9.17) is 4.74 Å². The molecular formula is C19H22N2O2. The number of hydrogen-bond acceptors (Lipinski definition) is 3. The van der Waals surface area contributed by atoms with Crippen molar-refractivity contribution in [1.29, 1.82) is 0 Å². The third kappa shape index (κ3) is 5.25. The average molecular weight is 310 g/mol. The zero-order valence-corrected chi connectivity index (χ0v) is 13.8. The van der Waals surface area contributed by atoms with Crippen LogP contribution in [-0.4, -0.2) is 18.2 Å². The van der Waals surface area contributed by atoms with Crippen LogP contribution in [0.3, 0.4) is 0 Å². The summed E-state index contributed by atoms with van der Waals surface area (Å²) in [5.41, 5.74) is 6.67. The maximum Gasteiger partial charge on any atom is 0.277 e. The molecule has 0 fully saturated rings. The predicted molar refractivity (Wildman–Crippen MR) is 92.8 cm³/mol. The molecule has 2 aromatic carbocycles. The Morgan fingerprint density at radius 3 is 2.35 bits per heavy atom. The van der Waals surface area contributed by atoms with Crippen LogP contribution in [-0.2, 0) is 11.2 Å². The third-order valence-corrected chi connectivity index (χ3v) is 3.52.